The van der Waals surface area contributed by atoms with Gasteiger partial charge in [-0.1, -0.05) is 25.1 Å². The van der Waals surface area contributed by atoms with E-state index in [0.29, 0.717) is 12.2 Å². The number of rotatable bonds is 4. The quantitative estimate of drug-likeness (QED) is 0.416. The fourth-order valence-electron chi connectivity index (χ4n) is 0.982. The van der Waals surface area contributed by atoms with Crippen LogP contribution in [0.4, 0.5) is 0 Å². The van der Waals surface area contributed by atoms with E-state index in [4.69, 9.17) is 4.74 Å². The molecule has 1 rings (SSSR count). The van der Waals surface area contributed by atoms with Gasteiger partial charge in [0.1, 0.15) is 5.75 Å². The van der Waals surface area contributed by atoms with Gasteiger partial charge in [-0.05, 0) is 18.6 Å². The molecule has 0 aromatic heterocycles. The highest BCUT2D eigenvalue weighted by molar-refractivity contribution is 6.34. The van der Waals surface area contributed by atoms with E-state index < -0.39 is 11.8 Å². The Labute approximate surface area is 82.7 Å². The molecule has 14 heavy (non-hydrogen) atoms. The molecule has 0 saturated heterocycles. The van der Waals surface area contributed by atoms with Crippen LogP contribution in [0, 0.1) is 0 Å². The number of hydrogen-bond donors (Lipinski definition) is 0. The van der Waals surface area contributed by atoms with E-state index in [9.17, 15) is 9.59 Å². The third-order valence-electron chi connectivity index (χ3n) is 1.66. The summed E-state index contributed by atoms with van der Waals surface area (Å²) in [5.74, 6) is -0.851. The zero-order chi connectivity index (χ0) is 10.4. The molecule has 0 fully saturated rings. The van der Waals surface area contributed by atoms with Crippen molar-refractivity contribution in [3.8, 4) is 5.75 Å². The van der Waals surface area contributed by atoms with Crippen LogP contribution in [0.15, 0.2) is 30.3 Å². The first-order chi connectivity index (χ1) is 6.74. The van der Waals surface area contributed by atoms with Crippen molar-refractivity contribution in [2.24, 2.45) is 0 Å². The minimum absolute atomic E-state index is 0.242. The fourth-order valence-corrected chi connectivity index (χ4v) is 0.982. The highest BCUT2D eigenvalue weighted by Crippen LogP contribution is 2.08. The molecule has 0 N–H and O–H groups in total. The summed E-state index contributed by atoms with van der Waals surface area (Å²) in [4.78, 5) is 22.2. The molecule has 74 valence electrons. The number of Topliss-reactive ketones (excluding diaryl/α,β-unsaturated/α-hetero) is 1. The van der Waals surface area contributed by atoms with Gasteiger partial charge in [0.05, 0.1) is 0 Å². The Morgan fingerprint density at radius 1 is 1.21 bits per heavy atom. The van der Waals surface area contributed by atoms with Crippen molar-refractivity contribution in [3.05, 3.63) is 30.3 Å². The van der Waals surface area contributed by atoms with Gasteiger partial charge in [0, 0.05) is 6.42 Å². The normalized spacial score (nSPS) is 9.50. The Hall–Kier alpha value is -1.64. The van der Waals surface area contributed by atoms with Crippen LogP contribution < -0.4 is 4.74 Å². The molecule has 0 saturated carbocycles. The van der Waals surface area contributed by atoms with Gasteiger partial charge in [0.15, 0.2) is 0 Å². The van der Waals surface area contributed by atoms with Crippen LogP contribution in [0.5, 0.6) is 5.75 Å². The van der Waals surface area contributed by atoms with E-state index in [2.05, 4.69) is 0 Å². The standard InChI is InChI=1S/C11H12O3/c1-2-6-10(12)11(13)14-9-7-4-3-5-8-9/h3-5,7-8H,2,6H2,1H3. The molecule has 1 aromatic rings. The first kappa shape index (κ1) is 10.4. The van der Waals surface area contributed by atoms with Gasteiger partial charge >= 0.3 is 5.97 Å². The zero-order valence-electron chi connectivity index (χ0n) is 8.03. The van der Waals surface area contributed by atoms with Crippen molar-refractivity contribution >= 4 is 11.8 Å². The molecular weight excluding hydrogens is 180 g/mol. The van der Waals surface area contributed by atoms with E-state index in [0.717, 1.165) is 0 Å². The summed E-state index contributed by atoms with van der Waals surface area (Å²) in [6.07, 6.45) is 0.897. The van der Waals surface area contributed by atoms with Crippen LogP contribution >= 0.6 is 0 Å². The largest absolute Gasteiger partial charge is 0.421 e. The Balaban J connectivity index is 2.53. The number of benzene rings is 1. The van der Waals surface area contributed by atoms with Gasteiger partial charge < -0.3 is 4.74 Å². The summed E-state index contributed by atoms with van der Waals surface area (Å²) >= 11 is 0. The number of hydrogen-bond acceptors (Lipinski definition) is 3. The van der Waals surface area contributed by atoms with Crippen LogP contribution in [0.3, 0.4) is 0 Å². The van der Waals surface area contributed by atoms with Gasteiger partial charge in [-0.2, -0.15) is 0 Å². The third-order valence-corrected chi connectivity index (χ3v) is 1.66. The maximum Gasteiger partial charge on any atom is 0.379 e. The SMILES string of the molecule is CCCC(=O)C(=O)Oc1ccccc1. The molecule has 0 atom stereocenters. The van der Waals surface area contributed by atoms with E-state index in [1.165, 1.54) is 0 Å². The summed E-state index contributed by atoms with van der Waals surface area (Å²) in [7, 11) is 0. The molecule has 0 bridgehead atoms. The van der Waals surface area contributed by atoms with E-state index in [1.807, 2.05) is 13.0 Å². The molecule has 0 heterocycles. The molecule has 0 amide bonds. The number of esters is 1. The predicted molar refractivity (Wildman–Crippen MR) is 52.0 cm³/mol. The highest BCUT2D eigenvalue weighted by Gasteiger charge is 2.14. The van der Waals surface area contributed by atoms with E-state index >= 15 is 0 Å². The lowest BCUT2D eigenvalue weighted by atomic mass is 10.2. The number of carbonyl (C=O) groups excluding carboxylic acids is 2. The molecule has 0 unspecified atom stereocenters. The van der Waals surface area contributed by atoms with Gasteiger partial charge in [0.25, 0.3) is 0 Å². The molecule has 0 aliphatic rings. The second kappa shape index (κ2) is 5.17. The minimum atomic E-state index is -0.780. The van der Waals surface area contributed by atoms with Crippen molar-refractivity contribution < 1.29 is 14.3 Å². The van der Waals surface area contributed by atoms with Crippen LogP contribution in [-0.2, 0) is 9.59 Å². The van der Waals surface area contributed by atoms with Crippen molar-refractivity contribution in [1.29, 1.82) is 0 Å². The van der Waals surface area contributed by atoms with Gasteiger partial charge in [-0.25, -0.2) is 4.79 Å². The lowest BCUT2D eigenvalue weighted by Gasteiger charge is -2.01. The average molecular weight is 192 g/mol. The minimum Gasteiger partial charge on any atom is -0.421 e. The summed E-state index contributed by atoms with van der Waals surface area (Å²) in [5, 5.41) is 0. The highest BCUT2D eigenvalue weighted by atomic mass is 16.5. The Morgan fingerprint density at radius 2 is 1.86 bits per heavy atom. The van der Waals surface area contributed by atoms with Crippen LogP contribution in [0.2, 0.25) is 0 Å². The fraction of sp³-hybridized carbons (Fsp3) is 0.273. The zero-order valence-corrected chi connectivity index (χ0v) is 8.03. The van der Waals surface area contributed by atoms with Gasteiger partial charge in [-0.15, -0.1) is 0 Å². The van der Waals surface area contributed by atoms with Gasteiger partial charge in [-0.3, -0.25) is 4.79 Å². The number of ketones is 1. The molecule has 1 aromatic carbocycles. The molecular formula is C11H12O3. The van der Waals surface area contributed by atoms with Crippen molar-refractivity contribution in [2.45, 2.75) is 19.8 Å². The first-order valence-electron chi connectivity index (χ1n) is 4.54. The van der Waals surface area contributed by atoms with Crippen LogP contribution in [-0.4, -0.2) is 11.8 Å². The smallest absolute Gasteiger partial charge is 0.379 e. The summed E-state index contributed by atoms with van der Waals surface area (Å²) in [6.45, 7) is 1.84. The Kier molecular flexibility index (Phi) is 3.85. The number of para-hydroxylation sites is 1. The number of carbonyl (C=O) groups is 2. The summed E-state index contributed by atoms with van der Waals surface area (Å²) in [6, 6.07) is 8.57. The van der Waals surface area contributed by atoms with E-state index in [1.54, 1.807) is 24.3 Å². The monoisotopic (exact) mass is 192 g/mol. The number of ether oxygens (including phenoxy) is 1. The molecule has 0 aliphatic heterocycles. The predicted octanol–water partition coefficient (Wildman–Crippen LogP) is 1.96. The molecule has 0 radical (unpaired) electrons. The summed E-state index contributed by atoms with van der Waals surface area (Å²) < 4.78 is 4.84. The average Bonchev–Trinajstić information content (AvgIpc) is 2.19. The second-order valence-electron chi connectivity index (χ2n) is 2.88. The lowest BCUT2D eigenvalue weighted by molar-refractivity contribution is -0.147. The topological polar surface area (TPSA) is 43.4 Å². The molecule has 0 spiro atoms. The Morgan fingerprint density at radius 3 is 2.43 bits per heavy atom. The maximum atomic E-state index is 11.1. The van der Waals surface area contributed by atoms with E-state index in [-0.39, 0.29) is 6.42 Å². The maximum absolute atomic E-state index is 11.1. The van der Waals surface area contributed by atoms with Crippen LogP contribution in [0.25, 0.3) is 0 Å². The second-order valence-corrected chi connectivity index (χ2v) is 2.88. The molecule has 3 heteroatoms. The molecule has 0 aliphatic carbocycles. The summed E-state index contributed by atoms with van der Waals surface area (Å²) in [5.41, 5.74) is 0. The van der Waals surface area contributed by atoms with Crippen LogP contribution in [0.1, 0.15) is 19.8 Å². The third kappa shape index (κ3) is 3.01. The molecule has 3 nitrogen and oxygen atoms in total. The first-order valence-corrected chi connectivity index (χ1v) is 4.54. The van der Waals surface area contributed by atoms with Gasteiger partial charge in [0.2, 0.25) is 5.78 Å². The van der Waals surface area contributed by atoms with Crippen molar-refractivity contribution in [1.82, 2.24) is 0 Å². The lowest BCUT2D eigenvalue weighted by Crippen LogP contribution is -2.19. The van der Waals surface area contributed by atoms with Crippen molar-refractivity contribution in [3.63, 3.8) is 0 Å². The van der Waals surface area contributed by atoms with Crippen molar-refractivity contribution in [2.75, 3.05) is 0 Å². The Bertz CT molecular complexity index is 317.